The molecule has 0 spiro atoms. The molecule has 2 aromatic rings. The molecule has 1 aromatic carbocycles. The summed E-state index contributed by atoms with van der Waals surface area (Å²) in [5.41, 5.74) is 3.55. The molecule has 23 heavy (non-hydrogen) atoms. The number of amides is 2. The first-order valence-corrected chi connectivity index (χ1v) is 7.54. The molecular weight excluding hydrogens is 294 g/mol. The Kier molecular flexibility index (Phi) is 4.32. The van der Waals surface area contributed by atoms with Gasteiger partial charge in [-0.1, -0.05) is 24.3 Å². The molecule has 3 rings (SSSR count). The summed E-state index contributed by atoms with van der Waals surface area (Å²) in [5, 5.41) is 3.61. The van der Waals surface area contributed by atoms with Crippen LogP contribution in [-0.2, 0) is 9.53 Å². The second-order valence-corrected chi connectivity index (χ2v) is 5.41. The molecule has 0 saturated carbocycles. The number of carbonyl (C=O) groups excluding carboxylic acids is 2. The zero-order valence-electron chi connectivity index (χ0n) is 13.0. The number of alkyl carbamates (subject to hydrolysis) is 1. The lowest BCUT2D eigenvalue weighted by atomic mass is 9.99. The van der Waals surface area contributed by atoms with E-state index in [1.807, 2.05) is 18.3 Å². The van der Waals surface area contributed by atoms with Gasteiger partial charge in [0.2, 0.25) is 5.91 Å². The molecule has 0 radical (unpaired) electrons. The van der Waals surface area contributed by atoms with Crippen molar-refractivity contribution < 1.29 is 14.3 Å². The number of nitrogens with one attached hydrogen (secondary N) is 2. The van der Waals surface area contributed by atoms with E-state index in [-0.39, 0.29) is 12.5 Å². The first-order valence-electron chi connectivity index (χ1n) is 7.54. The van der Waals surface area contributed by atoms with Crippen LogP contribution < -0.4 is 5.32 Å². The highest BCUT2D eigenvalue weighted by Gasteiger charge is 2.19. The Hall–Kier alpha value is -2.76. The smallest absolute Gasteiger partial charge is 0.407 e. The van der Waals surface area contributed by atoms with E-state index in [4.69, 9.17) is 0 Å². The van der Waals surface area contributed by atoms with Gasteiger partial charge < -0.3 is 19.9 Å². The van der Waals surface area contributed by atoms with E-state index in [9.17, 15) is 9.59 Å². The molecule has 0 saturated heterocycles. The van der Waals surface area contributed by atoms with Gasteiger partial charge >= 0.3 is 6.09 Å². The van der Waals surface area contributed by atoms with E-state index in [1.54, 1.807) is 4.90 Å². The molecule has 0 aliphatic carbocycles. The van der Waals surface area contributed by atoms with Crippen LogP contribution in [0.4, 0.5) is 4.79 Å². The van der Waals surface area contributed by atoms with Crippen LogP contribution in [0.2, 0.25) is 0 Å². The maximum absolute atomic E-state index is 12.0. The minimum atomic E-state index is -0.592. The quantitative estimate of drug-likeness (QED) is 0.911. The van der Waals surface area contributed by atoms with Crippen molar-refractivity contribution in [1.82, 2.24) is 15.2 Å². The molecule has 1 aliphatic heterocycles. The molecule has 0 fully saturated rings. The number of aromatic nitrogens is 1. The molecule has 0 atom stereocenters. The predicted molar refractivity (Wildman–Crippen MR) is 87.9 cm³/mol. The van der Waals surface area contributed by atoms with Crippen LogP contribution in [0.5, 0.6) is 0 Å². The van der Waals surface area contributed by atoms with E-state index in [2.05, 4.69) is 33.2 Å². The summed E-state index contributed by atoms with van der Waals surface area (Å²) in [6.07, 6.45) is 4.30. The Bertz CT molecular complexity index is 763. The average molecular weight is 313 g/mol. The van der Waals surface area contributed by atoms with Crippen LogP contribution in [-0.4, -0.2) is 48.6 Å². The highest BCUT2D eigenvalue weighted by Crippen LogP contribution is 2.28. The maximum Gasteiger partial charge on any atom is 0.407 e. The summed E-state index contributed by atoms with van der Waals surface area (Å²) in [7, 11) is 1.27. The Labute approximate surface area is 134 Å². The third-order valence-electron chi connectivity index (χ3n) is 4.07. The number of hydrogen-bond donors (Lipinski definition) is 2. The van der Waals surface area contributed by atoms with Crippen LogP contribution in [0.3, 0.4) is 0 Å². The van der Waals surface area contributed by atoms with Crippen molar-refractivity contribution in [3.8, 4) is 0 Å². The molecule has 6 heteroatoms. The third kappa shape index (κ3) is 3.21. The van der Waals surface area contributed by atoms with Gasteiger partial charge in [-0.05, 0) is 18.1 Å². The van der Waals surface area contributed by atoms with Crippen molar-refractivity contribution in [3.63, 3.8) is 0 Å². The fourth-order valence-electron chi connectivity index (χ4n) is 2.81. The van der Waals surface area contributed by atoms with Crippen molar-refractivity contribution >= 4 is 28.5 Å². The van der Waals surface area contributed by atoms with Crippen molar-refractivity contribution in [2.45, 2.75) is 6.42 Å². The zero-order chi connectivity index (χ0) is 16.2. The van der Waals surface area contributed by atoms with Gasteiger partial charge in [0.15, 0.2) is 0 Å². The molecule has 0 bridgehead atoms. The van der Waals surface area contributed by atoms with E-state index in [0.717, 1.165) is 11.9 Å². The minimum Gasteiger partial charge on any atom is -0.453 e. The van der Waals surface area contributed by atoms with Crippen LogP contribution >= 0.6 is 0 Å². The lowest BCUT2D eigenvalue weighted by Gasteiger charge is -2.26. The number of fused-ring (bicyclic) bond motifs is 1. The van der Waals surface area contributed by atoms with Crippen LogP contribution in [0.1, 0.15) is 12.0 Å². The zero-order valence-corrected chi connectivity index (χ0v) is 13.0. The Morgan fingerprint density at radius 2 is 2.17 bits per heavy atom. The van der Waals surface area contributed by atoms with Gasteiger partial charge in [-0.15, -0.1) is 0 Å². The summed E-state index contributed by atoms with van der Waals surface area (Å²) in [5.74, 6) is -0.107. The number of nitrogens with zero attached hydrogens (tertiary/aromatic N) is 1. The fourth-order valence-corrected chi connectivity index (χ4v) is 2.81. The summed E-state index contributed by atoms with van der Waals surface area (Å²) in [4.78, 5) is 28.1. The molecule has 2 N–H and O–H groups in total. The van der Waals surface area contributed by atoms with Crippen molar-refractivity contribution in [2.75, 3.05) is 26.7 Å². The van der Waals surface area contributed by atoms with Crippen LogP contribution in [0.15, 0.2) is 36.5 Å². The number of para-hydroxylation sites is 1. The highest BCUT2D eigenvalue weighted by atomic mass is 16.5. The maximum atomic E-state index is 12.0. The SMILES string of the molecule is COC(=O)NCC(=O)N1CC=C(c2c[nH]c3ccccc23)CC1. The lowest BCUT2D eigenvalue weighted by Crippen LogP contribution is -2.42. The molecule has 1 aromatic heterocycles. The topological polar surface area (TPSA) is 74.4 Å². The highest BCUT2D eigenvalue weighted by molar-refractivity contribution is 5.93. The van der Waals surface area contributed by atoms with Crippen LogP contribution in [0.25, 0.3) is 16.5 Å². The lowest BCUT2D eigenvalue weighted by molar-refractivity contribution is -0.129. The third-order valence-corrected chi connectivity index (χ3v) is 4.07. The number of ether oxygens (including phenoxy) is 1. The molecule has 6 nitrogen and oxygen atoms in total. The largest absolute Gasteiger partial charge is 0.453 e. The van der Waals surface area contributed by atoms with E-state index in [0.29, 0.717) is 13.1 Å². The van der Waals surface area contributed by atoms with E-state index in [1.165, 1.54) is 23.6 Å². The molecule has 0 unspecified atom stereocenters. The number of rotatable bonds is 3. The monoisotopic (exact) mass is 313 g/mol. The number of H-pyrrole nitrogens is 1. The number of hydrogen-bond acceptors (Lipinski definition) is 3. The molecular formula is C17H19N3O3. The number of methoxy groups -OCH3 is 1. The van der Waals surface area contributed by atoms with E-state index < -0.39 is 6.09 Å². The molecule has 2 heterocycles. The average Bonchev–Trinajstić information content (AvgIpc) is 3.03. The summed E-state index contributed by atoms with van der Waals surface area (Å²) in [6, 6.07) is 8.18. The molecule has 120 valence electrons. The van der Waals surface area contributed by atoms with Gasteiger partial charge in [0.05, 0.1) is 7.11 Å². The van der Waals surface area contributed by atoms with Crippen molar-refractivity contribution in [2.24, 2.45) is 0 Å². The summed E-state index contributed by atoms with van der Waals surface area (Å²) < 4.78 is 4.46. The normalized spacial score (nSPS) is 14.5. The minimum absolute atomic E-state index is 0.0388. The number of benzene rings is 1. The van der Waals surface area contributed by atoms with E-state index >= 15 is 0 Å². The molecule has 1 aliphatic rings. The standard InChI is InChI=1S/C17H19N3O3/c1-23-17(22)19-11-16(21)20-8-6-12(7-9-20)14-10-18-15-5-3-2-4-13(14)15/h2-6,10,18H,7-9,11H2,1H3,(H,19,22). The number of carbonyl (C=O) groups is 2. The second-order valence-electron chi connectivity index (χ2n) is 5.41. The van der Waals surface area contributed by atoms with Gasteiger partial charge in [-0.2, -0.15) is 0 Å². The van der Waals surface area contributed by atoms with Crippen molar-refractivity contribution in [3.05, 3.63) is 42.1 Å². The van der Waals surface area contributed by atoms with Crippen LogP contribution in [0, 0.1) is 0 Å². The first kappa shape index (κ1) is 15.1. The van der Waals surface area contributed by atoms with Gasteiger partial charge in [-0.25, -0.2) is 4.79 Å². The Morgan fingerprint density at radius 1 is 1.35 bits per heavy atom. The Balaban J connectivity index is 1.66. The fraction of sp³-hybridized carbons (Fsp3) is 0.294. The van der Waals surface area contributed by atoms with Gasteiger partial charge in [0.1, 0.15) is 6.54 Å². The van der Waals surface area contributed by atoms with Gasteiger partial charge in [-0.3, -0.25) is 4.79 Å². The molecule has 2 amide bonds. The second kappa shape index (κ2) is 6.56. The number of aromatic amines is 1. The summed E-state index contributed by atoms with van der Waals surface area (Å²) >= 11 is 0. The predicted octanol–water partition coefficient (Wildman–Crippen LogP) is 2.14. The van der Waals surface area contributed by atoms with Crippen molar-refractivity contribution in [1.29, 1.82) is 0 Å². The Morgan fingerprint density at radius 3 is 2.91 bits per heavy atom. The van der Waals surface area contributed by atoms with Gasteiger partial charge in [0.25, 0.3) is 0 Å². The van der Waals surface area contributed by atoms with Gasteiger partial charge in [0, 0.05) is 35.8 Å². The summed E-state index contributed by atoms with van der Waals surface area (Å²) in [6.45, 7) is 1.16. The first-order chi connectivity index (χ1) is 11.2.